The van der Waals surface area contributed by atoms with Crippen LogP contribution in [0.4, 0.5) is 15.8 Å². The fraction of sp³-hybridized carbons (Fsp3) is 0.250. The van der Waals surface area contributed by atoms with Gasteiger partial charge in [0.15, 0.2) is 0 Å². The van der Waals surface area contributed by atoms with Crippen LogP contribution in [0.15, 0.2) is 42.5 Å². The Bertz CT molecular complexity index is 611. The Hall–Kier alpha value is -1.54. The van der Waals surface area contributed by atoms with Gasteiger partial charge in [-0.05, 0) is 42.7 Å². The first kappa shape index (κ1) is 12.5. The fourth-order valence-corrected chi connectivity index (χ4v) is 2.93. The van der Waals surface area contributed by atoms with Crippen LogP contribution >= 0.6 is 11.6 Å². The number of fused-ring (bicyclic) bond motifs is 1. The van der Waals surface area contributed by atoms with E-state index < -0.39 is 0 Å². The van der Waals surface area contributed by atoms with E-state index in [0.29, 0.717) is 11.6 Å². The van der Waals surface area contributed by atoms with E-state index in [1.165, 1.54) is 11.6 Å². The Kier molecular flexibility index (Phi) is 3.19. The second-order valence-corrected chi connectivity index (χ2v) is 5.24. The second-order valence-electron chi connectivity index (χ2n) is 4.97. The molecule has 0 amide bonds. The SMILES string of the molecule is CC1Cc2ccccc2N1c1ccc(CCl)cc1F. The lowest BCUT2D eigenvalue weighted by Gasteiger charge is -2.25. The largest absolute Gasteiger partial charge is 0.336 e. The third-order valence-electron chi connectivity index (χ3n) is 3.63. The van der Waals surface area contributed by atoms with Gasteiger partial charge < -0.3 is 4.90 Å². The van der Waals surface area contributed by atoms with E-state index >= 15 is 0 Å². The van der Waals surface area contributed by atoms with Gasteiger partial charge >= 0.3 is 0 Å². The zero-order chi connectivity index (χ0) is 13.4. The average molecular weight is 276 g/mol. The van der Waals surface area contributed by atoms with Crippen LogP contribution in [-0.4, -0.2) is 6.04 Å². The van der Waals surface area contributed by atoms with Crippen molar-refractivity contribution in [1.29, 1.82) is 0 Å². The van der Waals surface area contributed by atoms with E-state index in [1.54, 1.807) is 0 Å². The van der Waals surface area contributed by atoms with E-state index in [1.807, 2.05) is 30.3 Å². The number of hydrogen-bond acceptors (Lipinski definition) is 1. The number of halogens is 2. The van der Waals surface area contributed by atoms with Gasteiger partial charge in [-0.3, -0.25) is 0 Å². The molecular formula is C16H15ClFN. The van der Waals surface area contributed by atoms with Crippen LogP contribution in [0.25, 0.3) is 0 Å². The molecule has 1 nitrogen and oxygen atoms in total. The number of hydrogen-bond donors (Lipinski definition) is 0. The highest BCUT2D eigenvalue weighted by Crippen LogP contribution is 2.39. The van der Waals surface area contributed by atoms with Crippen LogP contribution in [0.5, 0.6) is 0 Å². The molecule has 0 saturated heterocycles. The molecule has 3 rings (SSSR count). The van der Waals surface area contributed by atoms with E-state index in [9.17, 15) is 4.39 Å². The van der Waals surface area contributed by atoms with Gasteiger partial charge in [0, 0.05) is 17.6 Å². The summed E-state index contributed by atoms with van der Waals surface area (Å²) >= 11 is 5.74. The summed E-state index contributed by atoms with van der Waals surface area (Å²) in [6, 6.07) is 13.7. The van der Waals surface area contributed by atoms with Crippen molar-refractivity contribution in [2.75, 3.05) is 4.90 Å². The highest BCUT2D eigenvalue weighted by Gasteiger charge is 2.28. The maximum absolute atomic E-state index is 14.3. The highest BCUT2D eigenvalue weighted by molar-refractivity contribution is 6.17. The van der Waals surface area contributed by atoms with Gasteiger partial charge in [-0.15, -0.1) is 11.6 Å². The van der Waals surface area contributed by atoms with E-state index in [-0.39, 0.29) is 11.9 Å². The van der Waals surface area contributed by atoms with Crippen LogP contribution in [-0.2, 0) is 12.3 Å². The number of benzene rings is 2. The van der Waals surface area contributed by atoms with E-state index in [2.05, 4.69) is 17.9 Å². The first-order valence-electron chi connectivity index (χ1n) is 6.42. The Labute approximate surface area is 117 Å². The van der Waals surface area contributed by atoms with Crippen molar-refractivity contribution < 1.29 is 4.39 Å². The summed E-state index contributed by atoms with van der Waals surface area (Å²) in [6.45, 7) is 2.12. The average Bonchev–Trinajstić information content (AvgIpc) is 2.75. The van der Waals surface area contributed by atoms with Gasteiger partial charge in [0.05, 0.1) is 5.69 Å². The molecule has 0 fully saturated rings. The fourth-order valence-electron chi connectivity index (χ4n) is 2.76. The van der Waals surface area contributed by atoms with Gasteiger partial charge in [0.2, 0.25) is 0 Å². The molecule has 1 aliphatic rings. The molecule has 2 aromatic rings. The topological polar surface area (TPSA) is 3.24 Å². The maximum Gasteiger partial charge on any atom is 0.147 e. The molecule has 0 spiro atoms. The Morgan fingerprint density at radius 1 is 1.21 bits per heavy atom. The van der Waals surface area contributed by atoms with Gasteiger partial charge in [0.1, 0.15) is 5.82 Å². The summed E-state index contributed by atoms with van der Waals surface area (Å²) in [5.41, 5.74) is 3.82. The molecule has 0 N–H and O–H groups in total. The van der Waals surface area contributed by atoms with Crippen molar-refractivity contribution in [3.05, 3.63) is 59.4 Å². The predicted molar refractivity (Wildman–Crippen MR) is 77.7 cm³/mol. The lowest BCUT2D eigenvalue weighted by Crippen LogP contribution is -2.24. The molecule has 0 aliphatic carbocycles. The smallest absolute Gasteiger partial charge is 0.147 e. The van der Waals surface area contributed by atoms with Crippen LogP contribution < -0.4 is 4.90 Å². The minimum Gasteiger partial charge on any atom is -0.336 e. The van der Waals surface area contributed by atoms with Crippen molar-refractivity contribution in [3.8, 4) is 0 Å². The summed E-state index contributed by atoms with van der Waals surface area (Å²) < 4.78 is 14.3. The Balaban J connectivity index is 2.07. The van der Waals surface area contributed by atoms with Gasteiger partial charge in [-0.25, -0.2) is 4.39 Å². The monoisotopic (exact) mass is 275 g/mol. The first-order valence-corrected chi connectivity index (χ1v) is 6.95. The quantitative estimate of drug-likeness (QED) is 0.721. The van der Waals surface area contributed by atoms with Crippen molar-refractivity contribution in [2.24, 2.45) is 0 Å². The summed E-state index contributed by atoms with van der Waals surface area (Å²) in [6.07, 6.45) is 0.951. The first-order chi connectivity index (χ1) is 9.20. The van der Waals surface area contributed by atoms with Crippen molar-refractivity contribution >= 4 is 23.0 Å². The molecule has 98 valence electrons. The molecular weight excluding hydrogens is 261 g/mol. The van der Waals surface area contributed by atoms with E-state index in [4.69, 9.17) is 11.6 Å². The predicted octanol–water partition coefficient (Wildman–Crippen LogP) is 4.65. The van der Waals surface area contributed by atoms with Crippen LogP contribution in [0.1, 0.15) is 18.1 Å². The van der Waals surface area contributed by atoms with Crippen LogP contribution in [0.3, 0.4) is 0 Å². The number of alkyl halides is 1. The van der Waals surface area contributed by atoms with Gasteiger partial charge in [-0.1, -0.05) is 24.3 Å². The normalized spacial score (nSPS) is 17.6. The molecule has 0 aromatic heterocycles. The van der Waals surface area contributed by atoms with Crippen LogP contribution in [0.2, 0.25) is 0 Å². The highest BCUT2D eigenvalue weighted by atomic mass is 35.5. The van der Waals surface area contributed by atoms with Crippen molar-refractivity contribution in [2.45, 2.75) is 25.3 Å². The summed E-state index contributed by atoms with van der Waals surface area (Å²) in [5, 5.41) is 0. The molecule has 19 heavy (non-hydrogen) atoms. The zero-order valence-electron chi connectivity index (χ0n) is 10.7. The lowest BCUT2D eigenvalue weighted by molar-refractivity contribution is 0.616. The molecule has 0 bridgehead atoms. The van der Waals surface area contributed by atoms with Crippen molar-refractivity contribution in [1.82, 2.24) is 0 Å². The molecule has 0 radical (unpaired) electrons. The third kappa shape index (κ3) is 2.10. The third-order valence-corrected chi connectivity index (χ3v) is 3.94. The number of rotatable bonds is 2. The number of para-hydroxylation sites is 1. The van der Waals surface area contributed by atoms with Gasteiger partial charge in [-0.2, -0.15) is 0 Å². The lowest BCUT2D eigenvalue weighted by atomic mass is 10.1. The molecule has 1 heterocycles. The van der Waals surface area contributed by atoms with E-state index in [0.717, 1.165) is 17.7 Å². The van der Waals surface area contributed by atoms with Crippen LogP contribution in [0, 0.1) is 5.82 Å². The molecule has 2 aromatic carbocycles. The molecule has 0 saturated carbocycles. The molecule has 3 heteroatoms. The molecule has 1 unspecified atom stereocenters. The minimum atomic E-state index is -0.207. The summed E-state index contributed by atoms with van der Waals surface area (Å²) in [5.74, 6) is 0.130. The van der Waals surface area contributed by atoms with Crippen molar-refractivity contribution in [3.63, 3.8) is 0 Å². The number of anilines is 2. The zero-order valence-corrected chi connectivity index (χ0v) is 11.5. The number of nitrogens with zero attached hydrogens (tertiary/aromatic N) is 1. The summed E-state index contributed by atoms with van der Waals surface area (Å²) in [4.78, 5) is 2.07. The Morgan fingerprint density at radius 2 is 2.00 bits per heavy atom. The Morgan fingerprint density at radius 3 is 2.74 bits per heavy atom. The standard InChI is InChI=1S/C16H15ClFN/c1-11-8-13-4-2-3-5-15(13)19(11)16-7-6-12(10-17)9-14(16)18/h2-7,9,11H,8,10H2,1H3. The van der Waals surface area contributed by atoms with Gasteiger partial charge in [0.25, 0.3) is 0 Å². The molecule has 1 atom stereocenters. The molecule has 1 aliphatic heterocycles. The minimum absolute atomic E-state index is 0.207. The second kappa shape index (κ2) is 4.86. The summed E-state index contributed by atoms with van der Waals surface area (Å²) in [7, 11) is 0. The maximum atomic E-state index is 14.3.